The molecule has 10 nitrogen and oxygen atoms in total. The van der Waals surface area contributed by atoms with Gasteiger partial charge in [-0.05, 0) is 49.6 Å². The van der Waals surface area contributed by atoms with Crippen LogP contribution in [0.3, 0.4) is 0 Å². The van der Waals surface area contributed by atoms with Gasteiger partial charge in [-0.15, -0.1) is 0 Å². The largest absolute Gasteiger partial charge is 0.507 e. The Kier molecular flexibility index (Phi) is 10.1. The van der Waals surface area contributed by atoms with Crippen molar-refractivity contribution in [3.8, 4) is 11.5 Å². The van der Waals surface area contributed by atoms with Crippen molar-refractivity contribution in [2.24, 2.45) is 5.92 Å². The smallest absolute Gasteiger partial charge is 0.342 e. The molecule has 0 fully saturated rings. The summed E-state index contributed by atoms with van der Waals surface area (Å²) in [6.07, 6.45) is 5.45. The van der Waals surface area contributed by atoms with Crippen LogP contribution in [0, 0.1) is 5.92 Å². The fourth-order valence-corrected chi connectivity index (χ4v) is 3.61. The summed E-state index contributed by atoms with van der Waals surface area (Å²) < 4.78 is 11.2. The molecule has 2 aromatic rings. The second-order valence-corrected chi connectivity index (χ2v) is 8.99. The SMILES string of the molecule is C[C@@H]1/C=C\C(=O)C(O)[C@@H](O)C/C=C/c2cc(OCCCNC(=O)c3cccnc3)cc(O)c2C(=O)O[C@H]1C. The maximum absolute atomic E-state index is 12.9. The van der Waals surface area contributed by atoms with Gasteiger partial charge >= 0.3 is 5.97 Å². The Morgan fingerprint density at radius 3 is 2.74 bits per heavy atom. The third-order valence-electron chi connectivity index (χ3n) is 6.05. The molecular weight excluding hydrogens is 492 g/mol. The maximum Gasteiger partial charge on any atom is 0.342 e. The lowest BCUT2D eigenvalue weighted by Crippen LogP contribution is -2.32. The minimum absolute atomic E-state index is 0.0797. The Balaban J connectivity index is 1.73. The molecule has 0 bridgehead atoms. The molecule has 3 rings (SSSR count). The quantitative estimate of drug-likeness (QED) is 0.329. The van der Waals surface area contributed by atoms with Crippen molar-refractivity contribution in [3.63, 3.8) is 0 Å². The van der Waals surface area contributed by atoms with E-state index < -0.39 is 30.1 Å². The lowest BCUT2D eigenvalue weighted by Gasteiger charge is -2.20. The van der Waals surface area contributed by atoms with Crippen LogP contribution in [0.25, 0.3) is 6.08 Å². The number of phenols is 1. The zero-order valence-corrected chi connectivity index (χ0v) is 21.2. The first-order valence-electron chi connectivity index (χ1n) is 12.3. The number of benzene rings is 1. The van der Waals surface area contributed by atoms with Gasteiger partial charge in [0.25, 0.3) is 5.91 Å². The van der Waals surface area contributed by atoms with Gasteiger partial charge in [0.15, 0.2) is 5.78 Å². The van der Waals surface area contributed by atoms with Gasteiger partial charge in [-0.25, -0.2) is 4.79 Å². The van der Waals surface area contributed by atoms with E-state index >= 15 is 0 Å². The molecule has 0 aliphatic carbocycles. The highest BCUT2D eigenvalue weighted by Crippen LogP contribution is 2.31. The standard InChI is InChI=1S/C28H32N2O8/c1-17-9-10-23(32)26(34)22(31)8-3-6-19-14-21(15-24(33)25(19)28(36)38-18(17)2)37-13-5-12-30-27(35)20-7-4-11-29-16-20/h3-4,6-7,9-11,14-18,22,26,31,33-34H,5,8,12-13H2,1-2H3,(H,30,35)/b6-3+,10-9-/t17-,18+,22+,26?/m1/s1. The number of ketones is 1. The van der Waals surface area contributed by atoms with Crippen LogP contribution < -0.4 is 10.1 Å². The number of pyridine rings is 1. The highest BCUT2D eigenvalue weighted by atomic mass is 16.5. The Morgan fingerprint density at radius 2 is 2.00 bits per heavy atom. The van der Waals surface area contributed by atoms with E-state index in [0.29, 0.717) is 18.5 Å². The van der Waals surface area contributed by atoms with Gasteiger partial charge in [0.1, 0.15) is 29.3 Å². The Bertz CT molecular complexity index is 1190. The number of aliphatic hydroxyl groups is 2. The van der Waals surface area contributed by atoms with E-state index in [1.54, 1.807) is 32.2 Å². The summed E-state index contributed by atoms with van der Waals surface area (Å²) in [6.45, 7) is 3.94. The first kappa shape index (κ1) is 28.5. The van der Waals surface area contributed by atoms with E-state index in [1.165, 1.54) is 36.6 Å². The van der Waals surface area contributed by atoms with Gasteiger partial charge in [0, 0.05) is 30.9 Å². The molecule has 1 aliphatic heterocycles. The van der Waals surface area contributed by atoms with Crippen molar-refractivity contribution in [2.75, 3.05) is 13.2 Å². The molecule has 1 amide bonds. The third kappa shape index (κ3) is 7.74. The van der Waals surface area contributed by atoms with Gasteiger partial charge in [0.05, 0.1) is 18.3 Å². The number of aromatic hydroxyl groups is 1. The molecular formula is C28H32N2O8. The molecule has 0 radical (unpaired) electrons. The first-order valence-corrected chi connectivity index (χ1v) is 12.3. The Hall–Kier alpha value is -4.02. The summed E-state index contributed by atoms with van der Waals surface area (Å²) in [5, 5.41) is 33.8. The summed E-state index contributed by atoms with van der Waals surface area (Å²) in [5.74, 6) is -2.12. The number of carbonyl (C=O) groups excluding carboxylic acids is 3. The topological polar surface area (TPSA) is 155 Å². The number of phenolic OH excluding ortho intramolecular Hbond substituents is 1. The van der Waals surface area contributed by atoms with Crippen LogP contribution in [0.2, 0.25) is 0 Å². The van der Waals surface area contributed by atoms with Crippen molar-refractivity contribution in [1.29, 1.82) is 0 Å². The number of aliphatic hydroxyl groups excluding tert-OH is 2. The zero-order chi connectivity index (χ0) is 27.7. The highest BCUT2D eigenvalue weighted by Gasteiger charge is 2.25. The lowest BCUT2D eigenvalue weighted by atomic mass is 9.99. The molecule has 38 heavy (non-hydrogen) atoms. The minimum atomic E-state index is -1.61. The van der Waals surface area contributed by atoms with Crippen molar-refractivity contribution in [2.45, 2.75) is 45.0 Å². The van der Waals surface area contributed by atoms with Gasteiger partial charge in [0.2, 0.25) is 0 Å². The number of hydrogen-bond acceptors (Lipinski definition) is 9. The van der Waals surface area contributed by atoms with Crippen LogP contribution in [0.1, 0.15) is 53.0 Å². The van der Waals surface area contributed by atoms with Gasteiger partial charge in [-0.3, -0.25) is 14.6 Å². The predicted molar refractivity (Wildman–Crippen MR) is 139 cm³/mol. The normalized spacial score (nSPS) is 23.9. The summed E-state index contributed by atoms with van der Waals surface area (Å²) in [7, 11) is 0. The number of ether oxygens (including phenoxy) is 2. The molecule has 4 atom stereocenters. The van der Waals surface area contributed by atoms with E-state index in [-0.39, 0.29) is 47.5 Å². The Labute approximate surface area is 220 Å². The number of nitrogens with one attached hydrogen (secondary N) is 1. The molecule has 1 unspecified atom stereocenters. The number of rotatable bonds is 6. The molecule has 0 saturated carbocycles. The van der Waals surface area contributed by atoms with E-state index in [4.69, 9.17) is 9.47 Å². The average Bonchev–Trinajstić information content (AvgIpc) is 2.90. The van der Waals surface area contributed by atoms with Crippen LogP contribution >= 0.6 is 0 Å². The molecule has 0 saturated heterocycles. The number of esters is 1. The average molecular weight is 525 g/mol. The van der Waals surface area contributed by atoms with Crippen molar-refractivity contribution in [3.05, 3.63) is 71.6 Å². The van der Waals surface area contributed by atoms with Crippen molar-refractivity contribution < 1.29 is 39.2 Å². The summed E-state index contributed by atoms with van der Waals surface area (Å²) in [5.41, 5.74) is 0.642. The van der Waals surface area contributed by atoms with Gasteiger partial charge in [-0.2, -0.15) is 0 Å². The second kappa shape index (κ2) is 13.5. The van der Waals surface area contributed by atoms with Gasteiger partial charge in [-0.1, -0.05) is 25.2 Å². The second-order valence-electron chi connectivity index (χ2n) is 8.99. The third-order valence-corrected chi connectivity index (χ3v) is 6.05. The number of hydrogen-bond donors (Lipinski definition) is 4. The summed E-state index contributed by atoms with van der Waals surface area (Å²) >= 11 is 0. The van der Waals surface area contributed by atoms with Crippen molar-refractivity contribution >= 4 is 23.7 Å². The van der Waals surface area contributed by atoms with E-state index in [1.807, 2.05) is 0 Å². The zero-order valence-electron chi connectivity index (χ0n) is 21.2. The van der Waals surface area contributed by atoms with Crippen LogP contribution in [0.15, 0.2) is 54.9 Å². The maximum atomic E-state index is 12.9. The van der Waals surface area contributed by atoms with E-state index in [9.17, 15) is 29.7 Å². The molecule has 1 aliphatic rings. The number of fused-ring (bicyclic) bond motifs is 1. The fraction of sp³-hybridized carbons (Fsp3) is 0.357. The number of nitrogens with zero attached hydrogens (tertiary/aromatic N) is 1. The Morgan fingerprint density at radius 1 is 1.21 bits per heavy atom. The van der Waals surface area contributed by atoms with Crippen molar-refractivity contribution in [1.82, 2.24) is 10.3 Å². The first-order chi connectivity index (χ1) is 18.2. The molecule has 4 N–H and O–H groups in total. The molecule has 1 aromatic carbocycles. The lowest BCUT2D eigenvalue weighted by molar-refractivity contribution is -0.127. The van der Waals surface area contributed by atoms with Crippen LogP contribution in [-0.2, 0) is 9.53 Å². The minimum Gasteiger partial charge on any atom is -0.507 e. The molecule has 0 spiro atoms. The molecule has 202 valence electrons. The fourth-order valence-electron chi connectivity index (χ4n) is 3.61. The van der Waals surface area contributed by atoms with E-state index in [0.717, 1.165) is 6.08 Å². The predicted octanol–water partition coefficient (Wildman–Crippen LogP) is 2.43. The molecule has 1 aromatic heterocycles. The highest BCUT2D eigenvalue weighted by molar-refractivity contribution is 5.97. The summed E-state index contributed by atoms with van der Waals surface area (Å²) in [6, 6.07) is 6.17. The number of amides is 1. The monoisotopic (exact) mass is 524 g/mol. The number of carbonyl (C=O) groups is 3. The molecule has 2 heterocycles. The summed E-state index contributed by atoms with van der Waals surface area (Å²) in [4.78, 5) is 41.1. The van der Waals surface area contributed by atoms with Gasteiger partial charge < -0.3 is 30.1 Å². The molecule has 10 heteroatoms. The van der Waals surface area contributed by atoms with E-state index in [2.05, 4.69) is 10.3 Å². The number of cyclic esters (lactones) is 1. The van der Waals surface area contributed by atoms with Crippen LogP contribution in [0.5, 0.6) is 11.5 Å². The number of aromatic nitrogens is 1. The van der Waals surface area contributed by atoms with Crippen LogP contribution in [0.4, 0.5) is 0 Å². The van der Waals surface area contributed by atoms with Crippen LogP contribution in [-0.4, -0.2) is 69.4 Å².